The largest absolute Gasteiger partial charge is 0.323 e. The Bertz CT molecular complexity index is 448. The molecule has 3 rings (SSSR count). The third-order valence-electron chi connectivity index (χ3n) is 5.11. The van der Waals surface area contributed by atoms with Crippen LogP contribution >= 0.6 is 0 Å². The lowest BCUT2D eigenvalue weighted by molar-refractivity contribution is 0.0828. The smallest absolute Gasteiger partial charge is 0.123 e. The number of hydrogen-bond acceptors (Lipinski definition) is 2. The molecule has 2 fully saturated rings. The minimum atomic E-state index is -0.191. The van der Waals surface area contributed by atoms with Crippen molar-refractivity contribution in [2.75, 3.05) is 19.6 Å². The van der Waals surface area contributed by atoms with E-state index in [1.807, 2.05) is 6.07 Å². The molecule has 0 aromatic heterocycles. The second-order valence-electron chi connectivity index (χ2n) is 6.51. The monoisotopic (exact) mass is 276 g/mol. The number of nitrogens with zero attached hydrogens (tertiary/aromatic N) is 1. The Morgan fingerprint density at radius 3 is 2.80 bits per heavy atom. The first-order valence-electron chi connectivity index (χ1n) is 7.96. The van der Waals surface area contributed by atoms with Gasteiger partial charge < -0.3 is 10.6 Å². The van der Waals surface area contributed by atoms with Crippen LogP contribution in [-0.4, -0.2) is 24.5 Å². The van der Waals surface area contributed by atoms with Crippen molar-refractivity contribution in [1.29, 1.82) is 0 Å². The molecule has 2 nitrogen and oxygen atoms in total. The fourth-order valence-electron chi connectivity index (χ4n) is 3.96. The molecule has 0 spiro atoms. The average Bonchev–Trinajstić information content (AvgIpc) is 2.47. The predicted molar refractivity (Wildman–Crippen MR) is 79.8 cm³/mol. The normalized spacial score (nSPS) is 28.9. The Morgan fingerprint density at radius 2 is 2.00 bits per heavy atom. The minimum Gasteiger partial charge on any atom is -0.323 e. The van der Waals surface area contributed by atoms with Gasteiger partial charge in [0.05, 0.1) is 0 Å². The van der Waals surface area contributed by atoms with Gasteiger partial charge in [0.2, 0.25) is 0 Å². The number of benzene rings is 1. The lowest BCUT2D eigenvalue weighted by Crippen LogP contribution is -2.44. The molecule has 20 heavy (non-hydrogen) atoms. The van der Waals surface area contributed by atoms with E-state index in [0.29, 0.717) is 0 Å². The van der Waals surface area contributed by atoms with Gasteiger partial charge in [-0.15, -0.1) is 0 Å². The van der Waals surface area contributed by atoms with E-state index in [0.717, 1.165) is 30.5 Å². The van der Waals surface area contributed by atoms with Crippen LogP contribution in [-0.2, 0) is 0 Å². The van der Waals surface area contributed by atoms with Crippen molar-refractivity contribution in [3.05, 3.63) is 35.6 Å². The van der Waals surface area contributed by atoms with Gasteiger partial charge in [-0.1, -0.05) is 31.4 Å². The molecule has 3 heteroatoms. The number of fused-ring (bicyclic) bond motifs is 1. The molecule has 1 heterocycles. The van der Waals surface area contributed by atoms with Crippen LogP contribution < -0.4 is 5.73 Å². The van der Waals surface area contributed by atoms with Crippen molar-refractivity contribution in [2.24, 2.45) is 17.6 Å². The maximum Gasteiger partial charge on any atom is 0.123 e. The van der Waals surface area contributed by atoms with Crippen LogP contribution in [0.4, 0.5) is 4.39 Å². The number of rotatable bonds is 3. The van der Waals surface area contributed by atoms with Crippen LogP contribution in [0.2, 0.25) is 0 Å². The van der Waals surface area contributed by atoms with Crippen LogP contribution in [0, 0.1) is 17.7 Å². The van der Waals surface area contributed by atoms with E-state index in [-0.39, 0.29) is 11.9 Å². The van der Waals surface area contributed by atoms with Gasteiger partial charge in [0.1, 0.15) is 5.82 Å². The lowest BCUT2D eigenvalue weighted by Gasteiger charge is -2.42. The number of nitrogens with two attached hydrogens (primary N) is 1. The fraction of sp³-hybridized carbons (Fsp3) is 0.647. The lowest BCUT2D eigenvalue weighted by atomic mass is 9.75. The maximum atomic E-state index is 13.3. The molecule has 1 aromatic carbocycles. The van der Waals surface area contributed by atoms with E-state index in [4.69, 9.17) is 5.73 Å². The molecule has 1 aliphatic heterocycles. The SMILES string of the molecule is NC(CN1CCC2CCCCC2C1)c1cccc(F)c1. The highest BCUT2D eigenvalue weighted by Crippen LogP contribution is 2.36. The summed E-state index contributed by atoms with van der Waals surface area (Å²) in [6.07, 6.45) is 6.94. The summed E-state index contributed by atoms with van der Waals surface area (Å²) in [6.45, 7) is 3.20. The zero-order valence-electron chi connectivity index (χ0n) is 12.1. The van der Waals surface area contributed by atoms with Crippen molar-refractivity contribution >= 4 is 0 Å². The molecule has 1 saturated carbocycles. The molecule has 0 amide bonds. The van der Waals surface area contributed by atoms with Crippen LogP contribution in [0.15, 0.2) is 24.3 Å². The van der Waals surface area contributed by atoms with Gasteiger partial charge in [0, 0.05) is 19.1 Å². The van der Waals surface area contributed by atoms with Gasteiger partial charge in [-0.3, -0.25) is 0 Å². The van der Waals surface area contributed by atoms with Gasteiger partial charge >= 0.3 is 0 Å². The second kappa shape index (κ2) is 6.23. The van der Waals surface area contributed by atoms with Crippen molar-refractivity contribution in [1.82, 2.24) is 4.90 Å². The van der Waals surface area contributed by atoms with E-state index < -0.39 is 0 Å². The Morgan fingerprint density at radius 1 is 1.20 bits per heavy atom. The van der Waals surface area contributed by atoms with Gasteiger partial charge in [0.25, 0.3) is 0 Å². The molecule has 2 aliphatic rings. The van der Waals surface area contributed by atoms with Crippen molar-refractivity contribution in [2.45, 2.75) is 38.1 Å². The summed E-state index contributed by atoms with van der Waals surface area (Å²) in [4.78, 5) is 2.49. The van der Waals surface area contributed by atoms with Crippen molar-refractivity contribution in [3.8, 4) is 0 Å². The molecular weight excluding hydrogens is 251 g/mol. The zero-order chi connectivity index (χ0) is 13.9. The van der Waals surface area contributed by atoms with Gasteiger partial charge in [-0.05, 0) is 48.9 Å². The average molecular weight is 276 g/mol. The summed E-state index contributed by atoms with van der Waals surface area (Å²) in [5.41, 5.74) is 7.17. The van der Waals surface area contributed by atoms with Crippen LogP contribution in [0.1, 0.15) is 43.7 Å². The summed E-state index contributed by atoms with van der Waals surface area (Å²) in [5, 5.41) is 0. The van der Waals surface area contributed by atoms with Crippen molar-refractivity contribution in [3.63, 3.8) is 0 Å². The molecular formula is C17H25FN2. The summed E-state index contributed by atoms with van der Waals surface area (Å²) in [5.74, 6) is 1.63. The van der Waals surface area contributed by atoms with Gasteiger partial charge in [0.15, 0.2) is 0 Å². The third kappa shape index (κ3) is 3.21. The van der Waals surface area contributed by atoms with E-state index >= 15 is 0 Å². The fourth-order valence-corrected chi connectivity index (χ4v) is 3.96. The zero-order valence-corrected chi connectivity index (χ0v) is 12.1. The summed E-state index contributed by atoms with van der Waals surface area (Å²) in [6, 6.07) is 6.65. The quantitative estimate of drug-likeness (QED) is 0.917. The maximum absolute atomic E-state index is 13.3. The van der Waals surface area contributed by atoms with Gasteiger partial charge in [-0.25, -0.2) is 4.39 Å². The highest BCUT2D eigenvalue weighted by molar-refractivity contribution is 5.20. The number of halogens is 1. The molecule has 3 atom stereocenters. The first kappa shape index (κ1) is 14.0. The first-order chi connectivity index (χ1) is 9.72. The van der Waals surface area contributed by atoms with Gasteiger partial charge in [-0.2, -0.15) is 0 Å². The summed E-state index contributed by atoms with van der Waals surface area (Å²) >= 11 is 0. The topological polar surface area (TPSA) is 29.3 Å². The van der Waals surface area contributed by atoms with Crippen LogP contribution in [0.3, 0.4) is 0 Å². The van der Waals surface area contributed by atoms with Crippen LogP contribution in [0.5, 0.6) is 0 Å². The molecule has 0 bridgehead atoms. The summed E-state index contributed by atoms with van der Waals surface area (Å²) < 4.78 is 13.3. The first-order valence-corrected chi connectivity index (χ1v) is 7.96. The molecule has 0 radical (unpaired) electrons. The van der Waals surface area contributed by atoms with E-state index in [9.17, 15) is 4.39 Å². The molecule has 110 valence electrons. The second-order valence-corrected chi connectivity index (χ2v) is 6.51. The standard InChI is InChI=1S/C17H25FN2/c18-16-7-3-6-14(10-16)17(19)12-20-9-8-13-4-1-2-5-15(13)11-20/h3,6-7,10,13,15,17H,1-2,4-5,8-9,11-12,19H2. The molecule has 1 aromatic rings. The minimum absolute atomic E-state index is 0.0779. The molecule has 2 N–H and O–H groups in total. The highest BCUT2D eigenvalue weighted by Gasteiger charge is 2.31. The molecule has 3 unspecified atom stereocenters. The Hall–Kier alpha value is -0.930. The number of hydrogen-bond donors (Lipinski definition) is 1. The summed E-state index contributed by atoms with van der Waals surface area (Å²) in [7, 11) is 0. The number of piperidine rings is 1. The van der Waals surface area contributed by atoms with Crippen LogP contribution in [0.25, 0.3) is 0 Å². The molecule has 1 saturated heterocycles. The van der Waals surface area contributed by atoms with E-state index in [1.54, 1.807) is 12.1 Å². The Kier molecular flexibility index (Phi) is 4.37. The highest BCUT2D eigenvalue weighted by atomic mass is 19.1. The number of likely N-dealkylation sites (tertiary alicyclic amines) is 1. The molecule has 1 aliphatic carbocycles. The third-order valence-corrected chi connectivity index (χ3v) is 5.11. The van der Waals surface area contributed by atoms with E-state index in [1.165, 1.54) is 44.7 Å². The predicted octanol–water partition coefficient (Wildman–Crippen LogP) is 3.34. The van der Waals surface area contributed by atoms with E-state index in [2.05, 4.69) is 4.90 Å². The Balaban J connectivity index is 1.58. The van der Waals surface area contributed by atoms with Crippen molar-refractivity contribution < 1.29 is 4.39 Å². The Labute approximate surface area is 121 Å².